The number of carbonyl (C=O) groups excluding carboxylic acids is 2. The summed E-state index contributed by atoms with van der Waals surface area (Å²) in [5.41, 5.74) is 0.880. The fourth-order valence-corrected chi connectivity index (χ4v) is 2.13. The predicted octanol–water partition coefficient (Wildman–Crippen LogP) is 4.48. The molecule has 2 aromatic rings. The van der Waals surface area contributed by atoms with Gasteiger partial charge in [-0.2, -0.15) is 13.2 Å². The van der Waals surface area contributed by atoms with Gasteiger partial charge in [0, 0.05) is 17.3 Å². The van der Waals surface area contributed by atoms with Crippen molar-refractivity contribution < 1.29 is 22.8 Å². The Bertz CT molecular complexity index is 767. The first-order valence-corrected chi connectivity index (χ1v) is 8.02. The smallest absolute Gasteiger partial charge is 0.326 e. The number of anilines is 2. The van der Waals surface area contributed by atoms with Gasteiger partial charge >= 0.3 is 6.18 Å². The molecule has 0 aliphatic carbocycles. The lowest BCUT2D eigenvalue weighted by atomic mass is 10.1. The molecule has 0 bridgehead atoms. The molecule has 0 heterocycles. The lowest BCUT2D eigenvalue weighted by molar-refractivity contribution is -0.137. The first-order chi connectivity index (χ1) is 12.1. The van der Waals surface area contributed by atoms with Gasteiger partial charge in [-0.05, 0) is 42.0 Å². The number of benzene rings is 2. The van der Waals surface area contributed by atoms with Gasteiger partial charge in [-0.1, -0.05) is 26.0 Å². The molecule has 0 aliphatic rings. The van der Waals surface area contributed by atoms with Crippen LogP contribution in [0.2, 0.25) is 0 Å². The second kappa shape index (κ2) is 8.03. The van der Waals surface area contributed by atoms with Gasteiger partial charge in [0.2, 0.25) is 11.8 Å². The second-order valence-electron chi connectivity index (χ2n) is 6.14. The highest BCUT2D eigenvalue weighted by molar-refractivity contribution is 5.94. The van der Waals surface area contributed by atoms with Crippen LogP contribution in [0.1, 0.15) is 25.0 Å². The molecule has 0 unspecified atom stereocenters. The van der Waals surface area contributed by atoms with Crippen molar-refractivity contribution in [1.29, 1.82) is 0 Å². The van der Waals surface area contributed by atoms with Crippen molar-refractivity contribution in [2.24, 2.45) is 5.92 Å². The molecule has 2 amide bonds. The van der Waals surface area contributed by atoms with Gasteiger partial charge in [-0.3, -0.25) is 9.59 Å². The summed E-state index contributed by atoms with van der Waals surface area (Å²) in [5, 5.41) is 5.40. The highest BCUT2D eigenvalue weighted by Gasteiger charge is 2.29. The van der Waals surface area contributed by atoms with Crippen molar-refractivity contribution in [3.8, 4) is 0 Å². The molecule has 0 saturated carbocycles. The van der Waals surface area contributed by atoms with Crippen LogP contribution in [-0.2, 0) is 22.2 Å². The summed E-state index contributed by atoms with van der Waals surface area (Å²) in [5.74, 6) is -0.592. The standard InChI is InChI=1S/C19H19F3N2O2/c1-12(2)18(26)24-16-9-7-15(8-10-16)23-17(25)11-13-3-5-14(6-4-13)19(20,21)22/h3-10,12H,11H2,1-2H3,(H,23,25)(H,24,26). The molecule has 138 valence electrons. The molecular weight excluding hydrogens is 345 g/mol. The Kier molecular flexibility index (Phi) is 6.02. The highest BCUT2D eigenvalue weighted by Crippen LogP contribution is 2.29. The van der Waals surface area contributed by atoms with E-state index in [1.165, 1.54) is 12.1 Å². The summed E-state index contributed by atoms with van der Waals surface area (Å²) in [6, 6.07) is 11.1. The van der Waals surface area contributed by atoms with Gasteiger partial charge in [0.05, 0.1) is 12.0 Å². The van der Waals surface area contributed by atoms with Crippen molar-refractivity contribution in [2.45, 2.75) is 26.4 Å². The average molecular weight is 364 g/mol. The largest absolute Gasteiger partial charge is 0.416 e. The van der Waals surface area contributed by atoms with E-state index in [4.69, 9.17) is 0 Å². The minimum absolute atomic E-state index is 0.0377. The van der Waals surface area contributed by atoms with Gasteiger partial charge in [0.25, 0.3) is 0 Å². The number of hydrogen-bond acceptors (Lipinski definition) is 2. The van der Waals surface area contributed by atoms with E-state index in [0.717, 1.165) is 12.1 Å². The summed E-state index contributed by atoms with van der Waals surface area (Å²) in [6.07, 6.45) is -4.43. The molecule has 0 fully saturated rings. The Morgan fingerprint density at radius 2 is 1.38 bits per heavy atom. The Morgan fingerprint density at radius 1 is 0.885 bits per heavy atom. The Labute approximate surface area is 149 Å². The number of halogens is 3. The summed E-state index contributed by atoms with van der Waals surface area (Å²) in [6.45, 7) is 3.57. The molecular formula is C19H19F3N2O2. The van der Waals surface area contributed by atoms with Crippen LogP contribution in [0.3, 0.4) is 0 Å². The van der Waals surface area contributed by atoms with Gasteiger partial charge in [-0.25, -0.2) is 0 Å². The molecule has 0 radical (unpaired) electrons. The number of nitrogens with one attached hydrogen (secondary N) is 2. The fraction of sp³-hybridized carbons (Fsp3) is 0.263. The zero-order valence-electron chi connectivity index (χ0n) is 14.4. The van der Waals surface area contributed by atoms with Crippen LogP contribution in [0.25, 0.3) is 0 Å². The summed E-state index contributed by atoms with van der Waals surface area (Å²) < 4.78 is 37.6. The number of rotatable bonds is 5. The SMILES string of the molecule is CC(C)C(=O)Nc1ccc(NC(=O)Cc2ccc(C(F)(F)F)cc2)cc1. The van der Waals surface area contributed by atoms with Crippen molar-refractivity contribution in [1.82, 2.24) is 0 Å². The molecule has 2 rings (SSSR count). The molecule has 0 atom stereocenters. The maximum Gasteiger partial charge on any atom is 0.416 e. The van der Waals surface area contributed by atoms with E-state index in [1.54, 1.807) is 38.1 Å². The molecule has 0 aromatic heterocycles. The Hall–Kier alpha value is -2.83. The maximum atomic E-state index is 12.5. The van der Waals surface area contributed by atoms with E-state index in [9.17, 15) is 22.8 Å². The molecule has 0 saturated heterocycles. The lowest BCUT2D eigenvalue weighted by Gasteiger charge is -2.10. The second-order valence-corrected chi connectivity index (χ2v) is 6.14. The van der Waals surface area contributed by atoms with E-state index in [1.807, 2.05) is 0 Å². The monoisotopic (exact) mass is 364 g/mol. The average Bonchev–Trinajstić information content (AvgIpc) is 2.56. The maximum absolute atomic E-state index is 12.5. The van der Waals surface area contributed by atoms with E-state index in [-0.39, 0.29) is 24.2 Å². The number of hydrogen-bond donors (Lipinski definition) is 2. The quantitative estimate of drug-likeness (QED) is 0.822. The van der Waals surface area contributed by atoms with Crippen LogP contribution in [0, 0.1) is 5.92 Å². The van der Waals surface area contributed by atoms with Crippen molar-refractivity contribution in [2.75, 3.05) is 10.6 Å². The Balaban J connectivity index is 1.92. The van der Waals surface area contributed by atoms with E-state index in [2.05, 4.69) is 10.6 Å². The van der Waals surface area contributed by atoms with Crippen molar-refractivity contribution >= 4 is 23.2 Å². The lowest BCUT2D eigenvalue weighted by Crippen LogP contribution is -2.18. The van der Waals surface area contributed by atoms with E-state index >= 15 is 0 Å². The van der Waals surface area contributed by atoms with Crippen LogP contribution >= 0.6 is 0 Å². The zero-order valence-corrected chi connectivity index (χ0v) is 14.4. The fourth-order valence-electron chi connectivity index (χ4n) is 2.13. The van der Waals surface area contributed by atoms with Crippen LogP contribution in [0.5, 0.6) is 0 Å². The van der Waals surface area contributed by atoms with Crippen molar-refractivity contribution in [3.05, 3.63) is 59.7 Å². The molecule has 7 heteroatoms. The third kappa shape index (κ3) is 5.61. The van der Waals surface area contributed by atoms with Crippen LogP contribution in [0.4, 0.5) is 24.5 Å². The topological polar surface area (TPSA) is 58.2 Å². The van der Waals surface area contributed by atoms with Crippen LogP contribution < -0.4 is 10.6 Å². The number of alkyl halides is 3. The summed E-state index contributed by atoms with van der Waals surface area (Å²) in [7, 11) is 0. The number of carbonyl (C=O) groups is 2. The molecule has 0 spiro atoms. The minimum atomic E-state index is -4.40. The van der Waals surface area contributed by atoms with Crippen molar-refractivity contribution in [3.63, 3.8) is 0 Å². The highest BCUT2D eigenvalue weighted by atomic mass is 19.4. The minimum Gasteiger partial charge on any atom is -0.326 e. The molecule has 4 nitrogen and oxygen atoms in total. The summed E-state index contributed by atoms with van der Waals surface area (Å²) in [4.78, 5) is 23.6. The third-order valence-corrected chi connectivity index (χ3v) is 3.61. The predicted molar refractivity (Wildman–Crippen MR) is 93.7 cm³/mol. The first-order valence-electron chi connectivity index (χ1n) is 8.02. The molecule has 0 aliphatic heterocycles. The summed E-state index contributed by atoms with van der Waals surface area (Å²) >= 11 is 0. The van der Waals surface area contributed by atoms with E-state index < -0.39 is 11.7 Å². The molecule has 26 heavy (non-hydrogen) atoms. The first kappa shape index (κ1) is 19.5. The van der Waals surface area contributed by atoms with Gasteiger partial charge in [0.15, 0.2) is 0 Å². The molecule has 2 N–H and O–H groups in total. The third-order valence-electron chi connectivity index (χ3n) is 3.61. The van der Waals surface area contributed by atoms with E-state index in [0.29, 0.717) is 16.9 Å². The van der Waals surface area contributed by atoms with Gasteiger partial charge in [0.1, 0.15) is 0 Å². The van der Waals surface area contributed by atoms with Gasteiger partial charge in [-0.15, -0.1) is 0 Å². The Morgan fingerprint density at radius 3 is 1.85 bits per heavy atom. The van der Waals surface area contributed by atoms with Crippen LogP contribution in [0.15, 0.2) is 48.5 Å². The van der Waals surface area contributed by atoms with Crippen LogP contribution in [-0.4, -0.2) is 11.8 Å². The zero-order chi connectivity index (χ0) is 19.3. The normalized spacial score (nSPS) is 11.3. The molecule has 2 aromatic carbocycles. The number of amides is 2. The van der Waals surface area contributed by atoms with Gasteiger partial charge < -0.3 is 10.6 Å².